The van der Waals surface area contributed by atoms with Gasteiger partial charge in [0.15, 0.2) is 5.11 Å². The maximum absolute atomic E-state index is 11.0. The number of thiocarbonyl (C=S) groups is 1. The summed E-state index contributed by atoms with van der Waals surface area (Å²) in [5.74, 6) is 0.556. The summed E-state index contributed by atoms with van der Waals surface area (Å²) < 4.78 is 5.63. The van der Waals surface area contributed by atoms with Crippen molar-refractivity contribution < 1.29 is 9.53 Å². The fourth-order valence-electron chi connectivity index (χ4n) is 2.16. The molecule has 138 valence electrons. The van der Waals surface area contributed by atoms with Crippen LogP contribution < -0.4 is 20.7 Å². The molecule has 0 aliphatic rings. The minimum atomic E-state index is -0.109. The fourth-order valence-corrected chi connectivity index (χ4v) is 2.63. The van der Waals surface area contributed by atoms with Crippen LogP contribution in [0.2, 0.25) is 5.02 Å². The summed E-state index contributed by atoms with van der Waals surface area (Å²) in [6.45, 7) is 4.23. The number of amides is 1. The summed E-state index contributed by atoms with van der Waals surface area (Å²) >= 11 is 11.6. The van der Waals surface area contributed by atoms with Crippen LogP contribution in [0.3, 0.4) is 0 Å². The van der Waals surface area contributed by atoms with E-state index in [1.165, 1.54) is 6.92 Å². The number of anilines is 3. The molecule has 0 radical (unpaired) electrons. The van der Waals surface area contributed by atoms with Crippen molar-refractivity contribution >= 4 is 51.9 Å². The maximum atomic E-state index is 11.0. The van der Waals surface area contributed by atoms with Crippen LogP contribution in [0.4, 0.5) is 17.1 Å². The molecule has 0 aliphatic heterocycles. The first-order valence-corrected chi connectivity index (χ1v) is 9.14. The summed E-state index contributed by atoms with van der Waals surface area (Å²) in [7, 11) is 0. The first kappa shape index (κ1) is 20.0. The summed E-state index contributed by atoms with van der Waals surface area (Å²) in [5, 5.41) is 9.85. The average Bonchev–Trinajstić information content (AvgIpc) is 2.58. The highest BCUT2D eigenvalue weighted by atomic mass is 35.5. The number of unbranched alkanes of at least 4 members (excludes halogenated alkanes) is 1. The standard InChI is InChI=1S/C19H22ClN3O2S/c1-3-4-11-25-18-10-9-16(12-17(18)20)23-19(26)22-15-7-5-14(6-8-15)21-13(2)24/h5-10,12H,3-4,11H2,1-2H3,(H,21,24)(H2,22,23,26). The quantitative estimate of drug-likeness (QED) is 0.442. The molecule has 2 aromatic carbocycles. The molecule has 3 N–H and O–H groups in total. The smallest absolute Gasteiger partial charge is 0.221 e. The SMILES string of the molecule is CCCCOc1ccc(NC(=S)Nc2ccc(NC(C)=O)cc2)cc1Cl. The lowest BCUT2D eigenvalue weighted by Crippen LogP contribution is -2.19. The molecular formula is C19H22ClN3O2S. The number of carbonyl (C=O) groups is 1. The Bertz CT molecular complexity index is 766. The predicted molar refractivity (Wildman–Crippen MR) is 112 cm³/mol. The van der Waals surface area contributed by atoms with Gasteiger partial charge in [-0.05, 0) is 61.1 Å². The van der Waals surface area contributed by atoms with Crippen LogP contribution in [0.15, 0.2) is 42.5 Å². The van der Waals surface area contributed by atoms with Crippen molar-refractivity contribution in [2.24, 2.45) is 0 Å². The van der Waals surface area contributed by atoms with Gasteiger partial charge in [-0.15, -0.1) is 0 Å². The first-order chi connectivity index (χ1) is 12.5. The third-order valence-electron chi connectivity index (χ3n) is 3.41. The van der Waals surface area contributed by atoms with Gasteiger partial charge in [0.2, 0.25) is 5.91 Å². The van der Waals surface area contributed by atoms with Crippen LogP contribution >= 0.6 is 23.8 Å². The Morgan fingerprint density at radius 1 is 1.04 bits per heavy atom. The van der Waals surface area contributed by atoms with E-state index in [1.54, 1.807) is 18.2 Å². The molecule has 0 bridgehead atoms. The molecule has 0 aromatic heterocycles. The lowest BCUT2D eigenvalue weighted by atomic mass is 10.2. The minimum absolute atomic E-state index is 0.109. The Balaban J connectivity index is 1.90. The van der Waals surface area contributed by atoms with Crippen LogP contribution in [-0.4, -0.2) is 17.6 Å². The average molecular weight is 392 g/mol. The number of hydrogen-bond acceptors (Lipinski definition) is 3. The van der Waals surface area contributed by atoms with Gasteiger partial charge in [0.1, 0.15) is 5.75 Å². The van der Waals surface area contributed by atoms with Crippen molar-refractivity contribution in [3.05, 3.63) is 47.5 Å². The summed E-state index contributed by atoms with van der Waals surface area (Å²) in [4.78, 5) is 11.0. The zero-order valence-electron chi connectivity index (χ0n) is 14.8. The van der Waals surface area contributed by atoms with E-state index in [0.29, 0.717) is 22.5 Å². The zero-order chi connectivity index (χ0) is 18.9. The van der Waals surface area contributed by atoms with Gasteiger partial charge in [0.25, 0.3) is 0 Å². The van der Waals surface area contributed by atoms with Crippen LogP contribution in [0.25, 0.3) is 0 Å². The second-order valence-corrected chi connectivity index (χ2v) is 6.50. The molecule has 26 heavy (non-hydrogen) atoms. The minimum Gasteiger partial charge on any atom is -0.492 e. The number of ether oxygens (including phenoxy) is 1. The number of rotatable bonds is 7. The predicted octanol–water partition coefficient (Wildman–Crippen LogP) is 5.29. The van der Waals surface area contributed by atoms with E-state index in [2.05, 4.69) is 22.9 Å². The van der Waals surface area contributed by atoms with Crippen molar-refractivity contribution in [2.45, 2.75) is 26.7 Å². The lowest BCUT2D eigenvalue weighted by molar-refractivity contribution is -0.114. The van der Waals surface area contributed by atoms with E-state index in [1.807, 2.05) is 24.3 Å². The number of nitrogens with one attached hydrogen (secondary N) is 3. The molecule has 5 nitrogen and oxygen atoms in total. The van der Waals surface area contributed by atoms with Gasteiger partial charge >= 0.3 is 0 Å². The molecule has 2 rings (SSSR count). The van der Waals surface area contributed by atoms with Crippen LogP contribution in [0.5, 0.6) is 5.75 Å². The Labute approximate surface area is 164 Å². The monoisotopic (exact) mass is 391 g/mol. The number of hydrogen-bond donors (Lipinski definition) is 3. The summed E-state index contributed by atoms with van der Waals surface area (Å²) in [6, 6.07) is 12.7. The van der Waals surface area contributed by atoms with Crippen molar-refractivity contribution in [3.8, 4) is 5.75 Å². The topological polar surface area (TPSA) is 62.4 Å². The molecule has 0 heterocycles. The van der Waals surface area contributed by atoms with Crippen LogP contribution in [-0.2, 0) is 4.79 Å². The fraction of sp³-hybridized carbons (Fsp3) is 0.263. The summed E-state index contributed by atoms with van der Waals surface area (Å²) in [5.41, 5.74) is 2.31. The van der Waals surface area contributed by atoms with E-state index in [9.17, 15) is 4.79 Å². The largest absolute Gasteiger partial charge is 0.492 e. The highest BCUT2D eigenvalue weighted by Gasteiger charge is 2.05. The third-order valence-corrected chi connectivity index (χ3v) is 3.91. The highest BCUT2D eigenvalue weighted by molar-refractivity contribution is 7.80. The van der Waals surface area contributed by atoms with Gasteiger partial charge in [-0.2, -0.15) is 0 Å². The van der Waals surface area contributed by atoms with Gasteiger partial charge in [0, 0.05) is 24.0 Å². The molecule has 0 spiro atoms. The van der Waals surface area contributed by atoms with Crippen molar-refractivity contribution in [1.29, 1.82) is 0 Å². The van der Waals surface area contributed by atoms with Gasteiger partial charge in [-0.3, -0.25) is 4.79 Å². The Morgan fingerprint density at radius 2 is 1.62 bits per heavy atom. The number of benzene rings is 2. The molecule has 0 atom stereocenters. The maximum Gasteiger partial charge on any atom is 0.221 e. The van der Waals surface area contributed by atoms with E-state index in [0.717, 1.165) is 29.9 Å². The summed E-state index contributed by atoms with van der Waals surface area (Å²) in [6.07, 6.45) is 2.06. The lowest BCUT2D eigenvalue weighted by Gasteiger charge is -2.13. The van der Waals surface area contributed by atoms with Gasteiger partial charge in [-0.1, -0.05) is 24.9 Å². The third kappa shape index (κ3) is 6.54. The zero-order valence-corrected chi connectivity index (χ0v) is 16.3. The molecule has 1 amide bonds. The molecule has 0 saturated heterocycles. The molecule has 7 heteroatoms. The van der Waals surface area contributed by atoms with Crippen molar-refractivity contribution in [3.63, 3.8) is 0 Å². The first-order valence-electron chi connectivity index (χ1n) is 8.36. The van der Waals surface area contributed by atoms with Gasteiger partial charge < -0.3 is 20.7 Å². The van der Waals surface area contributed by atoms with E-state index < -0.39 is 0 Å². The number of halogens is 1. The Morgan fingerprint density at radius 3 is 2.19 bits per heavy atom. The second-order valence-electron chi connectivity index (χ2n) is 5.68. The van der Waals surface area contributed by atoms with E-state index >= 15 is 0 Å². The molecule has 0 fully saturated rings. The normalized spacial score (nSPS) is 10.1. The second kappa shape index (κ2) is 9.99. The molecule has 0 aliphatic carbocycles. The number of carbonyl (C=O) groups excluding carboxylic acids is 1. The Kier molecular flexibility index (Phi) is 7.69. The highest BCUT2D eigenvalue weighted by Crippen LogP contribution is 2.28. The van der Waals surface area contributed by atoms with Crippen LogP contribution in [0.1, 0.15) is 26.7 Å². The molecule has 0 unspecified atom stereocenters. The van der Waals surface area contributed by atoms with Gasteiger partial charge in [0.05, 0.1) is 11.6 Å². The molecule has 0 saturated carbocycles. The van der Waals surface area contributed by atoms with E-state index in [-0.39, 0.29) is 5.91 Å². The molecular weight excluding hydrogens is 370 g/mol. The molecule has 2 aromatic rings. The van der Waals surface area contributed by atoms with E-state index in [4.69, 9.17) is 28.6 Å². The van der Waals surface area contributed by atoms with Crippen LogP contribution in [0, 0.1) is 0 Å². The van der Waals surface area contributed by atoms with Crippen molar-refractivity contribution in [1.82, 2.24) is 0 Å². The Hall–Kier alpha value is -2.31. The van der Waals surface area contributed by atoms with Gasteiger partial charge in [-0.25, -0.2) is 0 Å². The van der Waals surface area contributed by atoms with Crippen molar-refractivity contribution in [2.75, 3.05) is 22.6 Å².